The Labute approximate surface area is 312 Å². The molecule has 0 radical (unpaired) electrons. The highest BCUT2D eigenvalue weighted by Crippen LogP contribution is 2.43. The summed E-state index contributed by atoms with van der Waals surface area (Å²) < 4.78 is 5.62. The van der Waals surface area contributed by atoms with Crippen LogP contribution >= 0.6 is 23.2 Å². The zero-order valence-electron chi connectivity index (χ0n) is 29.6. The second kappa shape index (κ2) is 14.8. The van der Waals surface area contributed by atoms with Crippen molar-refractivity contribution in [3.05, 3.63) is 105 Å². The van der Waals surface area contributed by atoms with Gasteiger partial charge in [0.25, 0.3) is 5.56 Å². The van der Waals surface area contributed by atoms with E-state index in [4.69, 9.17) is 23.2 Å². The third-order valence-corrected chi connectivity index (χ3v) is 11.4. The normalized spacial score (nSPS) is 17.0. The van der Waals surface area contributed by atoms with Crippen molar-refractivity contribution in [2.24, 2.45) is 13.0 Å². The number of fused-ring (bicyclic) bond motifs is 1. The molecular weight excluding hydrogens is 699 g/mol. The molecule has 0 spiro atoms. The summed E-state index contributed by atoms with van der Waals surface area (Å²) in [5, 5.41) is 10.5. The number of aryl methyl sites for hydroxylation is 1. The summed E-state index contributed by atoms with van der Waals surface area (Å²) in [5.74, 6) is -1.19. The Morgan fingerprint density at radius 2 is 1.56 bits per heavy atom. The quantitative estimate of drug-likeness (QED) is 0.148. The molecule has 2 fully saturated rings. The van der Waals surface area contributed by atoms with Crippen LogP contribution in [0, 0.1) is 12.8 Å². The highest BCUT2D eigenvalue weighted by molar-refractivity contribution is 6.39. The van der Waals surface area contributed by atoms with Crippen LogP contribution in [0.3, 0.4) is 0 Å². The van der Waals surface area contributed by atoms with Gasteiger partial charge in [-0.05, 0) is 58.0 Å². The number of hydrogen-bond acceptors (Lipinski definition) is 5. The third-order valence-electron chi connectivity index (χ3n) is 10.5. The molecule has 1 unspecified atom stereocenters. The Balaban J connectivity index is 1.19. The number of aliphatic carboxylic acids is 1. The minimum Gasteiger partial charge on any atom is -0.481 e. The molecule has 2 aromatic carbocycles. The van der Waals surface area contributed by atoms with Gasteiger partial charge in [0.1, 0.15) is 5.52 Å². The van der Waals surface area contributed by atoms with Crippen molar-refractivity contribution in [3.8, 4) is 33.4 Å². The molecule has 1 N–H and O–H groups in total. The minimum absolute atomic E-state index is 0.0455. The van der Waals surface area contributed by atoms with Gasteiger partial charge in [0.15, 0.2) is 0 Å². The fourth-order valence-electron chi connectivity index (χ4n) is 7.45. The number of rotatable bonds is 11. The van der Waals surface area contributed by atoms with Gasteiger partial charge in [-0.2, -0.15) is 0 Å². The van der Waals surface area contributed by atoms with Gasteiger partial charge in [0.2, 0.25) is 6.41 Å². The Kier molecular flexibility index (Phi) is 10.2. The van der Waals surface area contributed by atoms with Gasteiger partial charge in [-0.15, -0.1) is 0 Å². The number of carbonyl (C=O) groups excluding carboxylic acids is 1. The van der Waals surface area contributed by atoms with Crippen molar-refractivity contribution in [3.63, 3.8) is 0 Å². The Morgan fingerprint density at radius 3 is 2.17 bits per heavy atom. The van der Waals surface area contributed by atoms with E-state index in [0.717, 1.165) is 76.5 Å². The van der Waals surface area contributed by atoms with E-state index in [1.807, 2.05) is 96.3 Å². The lowest BCUT2D eigenvalue weighted by molar-refractivity contribution is -0.141. The summed E-state index contributed by atoms with van der Waals surface area (Å²) in [7, 11) is 3.54. The first-order valence-electron chi connectivity index (χ1n) is 17.6. The molecule has 2 aliphatic rings. The third kappa shape index (κ3) is 6.96. The van der Waals surface area contributed by atoms with Crippen LogP contribution in [0.15, 0.2) is 77.6 Å². The molecule has 7 rings (SSSR count). The average molecular weight is 742 g/mol. The molecule has 3 aromatic heterocycles. The van der Waals surface area contributed by atoms with Crippen molar-refractivity contribution in [1.82, 2.24) is 28.2 Å². The Hall–Kier alpha value is -4.61. The molecule has 10 nitrogen and oxygen atoms in total. The standard InChI is InChI=1S/C40H42Cl2N6O4/c1-26-16-28(19-47(26)23-30(43(2)25-49)21-46-15-12-27(18-46)40(51)52)32-8-6-10-34(37(32)41)35-11-7-9-33(38(35)42)29-17-36-39(50)44(3)31(24-48(36)20-29)22-45-13-4-5-14-45/h6-11,16-17,19-20,23-25,27H,4-5,12-15,18,21-22H2,1-3H3,(H,51,52)/b30-23-. The molecule has 0 bridgehead atoms. The lowest BCUT2D eigenvalue weighted by Crippen LogP contribution is -2.30. The highest BCUT2D eigenvalue weighted by atomic mass is 35.5. The van der Waals surface area contributed by atoms with Gasteiger partial charge in [-0.25, -0.2) is 0 Å². The molecule has 2 aliphatic heterocycles. The van der Waals surface area contributed by atoms with E-state index >= 15 is 0 Å². The fourth-order valence-corrected chi connectivity index (χ4v) is 8.12. The first-order valence-corrected chi connectivity index (χ1v) is 18.3. The van der Waals surface area contributed by atoms with Crippen molar-refractivity contribution in [1.29, 1.82) is 0 Å². The number of carboxylic acids is 1. The summed E-state index contributed by atoms with van der Waals surface area (Å²) in [5.41, 5.74) is 8.13. The monoisotopic (exact) mass is 740 g/mol. The first kappa shape index (κ1) is 35.8. The second-order valence-electron chi connectivity index (χ2n) is 14.0. The number of nitrogens with zero attached hydrogens (tertiary/aromatic N) is 6. The van der Waals surface area contributed by atoms with Crippen LogP contribution in [-0.2, 0) is 23.2 Å². The van der Waals surface area contributed by atoms with Crippen molar-refractivity contribution in [2.75, 3.05) is 39.8 Å². The summed E-state index contributed by atoms with van der Waals surface area (Å²) >= 11 is 14.4. The van der Waals surface area contributed by atoms with Gasteiger partial charge in [0, 0.05) is 97.6 Å². The summed E-state index contributed by atoms with van der Waals surface area (Å²) in [6.07, 6.45) is 11.6. The van der Waals surface area contributed by atoms with Crippen LogP contribution in [0.2, 0.25) is 10.0 Å². The van der Waals surface area contributed by atoms with Gasteiger partial charge < -0.3 is 23.5 Å². The van der Waals surface area contributed by atoms with Crippen LogP contribution in [0.5, 0.6) is 0 Å². The van der Waals surface area contributed by atoms with Crippen LogP contribution in [0.4, 0.5) is 0 Å². The predicted molar refractivity (Wildman–Crippen MR) is 206 cm³/mol. The van der Waals surface area contributed by atoms with Gasteiger partial charge in [-0.1, -0.05) is 59.6 Å². The maximum atomic E-state index is 13.4. The maximum absolute atomic E-state index is 13.4. The van der Waals surface area contributed by atoms with Gasteiger partial charge in [-0.3, -0.25) is 24.2 Å². The van der Waals surface area contributed by atoms with Crippen LogP contribution in [0.25, 0.3) is 45.1 Å². The number of likely N-dealkylation sites (N-methyl/N-ethyl adjacent to an activating group) is 1. The zero-order valence-corrected chi connectivity index (χ0v) is 31.1. The molecule has 1 atom stereocenters. The minimum atomic E-state index is -0.790. The van der Waals surface area contributed by atoms with Crippen molar-refractivity contribution in [2.45, 2.75) is 32.7 Å². The smallest absolute Gasteiger partial charge is 0.307 e. The number of aromatic nitrogens is 3. The largest absolute Gasteiger partial charge is 0.481 e. The number of amides is 1. The predicted octanol–water partition coefficient (Wildman–Crippen LogP) is 6.94. The van der Waals surface area contributed by atoms with E-state index in [0.29, 0.717) is 41.6 Å². The van der Waals surface area contributed by atoms with E-state index in [1.54, 1.807) is 11.6 Å². The lowest BCUT2D eigenvalue weighted by Gasteiger charge is -2.22. The van der Waals surface area contributed by atoms with E-state index < -0.39 is 11.9 Å². The molecule has 0 aliphatic carbocycles. The van der Waals surface area contributed by atoms with E-state index in [-0.39, 0.29) is 5.56 Å². The summed E-state index contributed by atoms with van der Waals surface area (Å²) in [4.78, 5) is 42.7. The zero-order chi connectivity index (χ0) is 36.7. The van der Waals surface area contributed by atoms with E-state index in [9.17, 15) is 19.5 Å². The number of halogens is 2. The molecule has 270 valence electrons. The summed E-state index contributed by atoms with van der Waals surface area (Å²) in [6.45, 7) is 6.37. The van der Waals surface area contributed by atoms with Gasteiger partial charge >= 0.3 is 5.97 Å². The van der Waals surface area contributed by atoms with Crippen molar-refractivity contribution >= 4 is 47.3 Å². The SMILES string of the molecule is Cc1cc(-c2cccc(-c3cccc(-c4cc5c(=O)n(C)c(CN6CCCC6)cn5c4)c3Cl)c2Cl)cn1/C=C(/CN1CCC(C(=O)O)C1)N(C)C=O. The lowest BCUT2D eigenvalue weighted by atomic mass is 9.97. The maximum Gasteiger partial charge on any atom is 0.307 e. The second-order valence-corrected chi connectivity index (χ2v) is 14.8. The number of carboxylic acid groups (broad SMARTS) is 1. The molecule has 2 saturated heterocycles. The molecular formula is C40H42Cl2N6O4. The van der Waals surface area contributed by atoms with Crippen LogP contribution in [0.1, 0.15) is 30.7 Å². The Morgan fingerprint density at radius 1 is 0.923 bits per heavy atom. The molecule has 1 amide bonds. The number of likely N-dealkylation sites (tertiary alicyclic amines) is 2. The fraction of sp³-hybridized carbons (Fsp3) is 0.325. The molecule has 0 saturated carbocycles. The molecule has 12 heteroatoms. The Bertz CT molecular complexity index is 2260. The van der Waals surface area contributed by atoms with Gasteiger partial charge in [0.05, 0.1) is 27.4 Å². The van der Waals surface area contributed by atoms with Crippen LogP contribution < -0.4 is 5.56 Å². The van der Waals surface area contributed by atoms with E-state index in [1.165, 1.54) is 17.7 Å². The first-order chi connectivity index (χ1) is 25.0. The van der Waals surface area contributed by atoms with E-state index in [2.05, 4.69) is 9.80 Å². The number of hydrogen-bond donors (Lipinski definition) is 1. The van der Waals surface area contributed by atoms with Crippen LogP contribution in [-0.4, -0.2) is 85.5 Å². The molecule has 5 heterocycles. The highest BCUT2D eigenvalue weighted by Gasteiger charge is 2.29. The number of carbonyl (C=O) groups is 2. The molecule has 52 heavy (non-hydrogen) atoms. The number of benzene rings is 2. The molecule has 5 aromatic rings. The topological polar surface area (TPSA) is 95.4 Å². The van der Waals surface area contributed by atoms with Crippen molar-refractivity contribution < 1.29 is 14.7 Å². The average Bonchev–Trinajstić information content (AvgIpc) is 3.95. The summed E-state index contributed by atoms with van der Waals surface area (Å²) in [6, 6.07) is 15.7.